The highest BCUT2D eigenvalue weighted by atomic mass is 16.5. The number of carbonyl (C=O) groups is 1. The second kappa shape index (κ2) is 12.3. The van der Waals surface area contributed by atoms with Crippen LogP contribution in [-0.2, 0) is 4.79 Å². The maximum absolute atomic E-state index is 11.5. The van der Waals surface area contributed by atoms with Gasteiger partial charge in [-0.2, -0.15) is 0 Å². The molecular formula is C22H37N5O2. The zero-order valence-corrected chi connectivity index (χ0v) is 18.3. The lowest BCUT2D eigenvalue weighted by Crippen LogP contribution is -2.50. The van der Waals surface area contributed by atoms with Crippen molar-refractivity contribution in [3.63, 3.8) is 0 Å². The van der Waals surface area contributed by atoms with Crippen molar-refractivity contribution < 1.29 is 9.53 Å². The molecule has 2 rings (SSSR count). The summed E-state index contributed by atoms with van der Waals surface area (Å²) in [6.45, 7) is 8.29. The molecule has 3 N–H and O–H groups in total. The van der Waals surface area contributed by atoms with E-state index >= 15 is 0 Å². The third-order valence-electron chi connectivity index (χ3n) is 5.44. The molecular weight excluding hydrogens is 366 g/mol. The molecule has 1 aromatic rings. The molecule has 0 bridgehead atoms. The molecule has 0 spiro atoms. The van der Waals surface area contributed by atoms with Gasteiger partial charge in [-0.1, -0.05) is 19.1 Å². The van der Waals surface area contributed by atoms with Gasteiger partial charge in [0.2, 0.25) is 5.91 Å². The highest BCUT2D eigenvalue weighted by Crippen LogP contribution is 2.21. The molecule has 1 saturated heterocycles. The number of ether oxygens (including phenoxy) is 1. The summed E-state index contributed by atoms with van der Waals surface area (Å²) in [5.74, 6) is 2.30. The summed E-state index contributed by atoms with van der Waals surface area (Å²) in [6.07, 6.45) is 3.03. The first-order valence-electron chi connectivity index (χ1n) is 10.7. The number of amides is 1. The zero-order chi connectivity index (χ0) is 21.1. The lowest BCUT2D eigenvalue weighted by molar-refractivity contribution is -0.122. The number of guanidine groups is 1. The first kappa shape index (κ1) is 23.0. The maximum atomic E-state index is 11.5. The van der Waals surface area contributed by atoms with Crippen LogP contribution in [0.4, 0.5) is 0 Å². The molecule has 1 aromatic carbocycles. The van der Waals surface area contributed by atoms with Crippen LogP contribution in [0.2, 0.25) is 0 Å². The predicted octanol–water partition coefficient (Wildman–Crippen LogP) is 1.95. The molecule has 1 atom stereocenters. The van der Waals surface area contributed by atoms with E-state index in [4.69, 9.17) is 9.73 Å². The van der Waals surface area contributed by atoms with E-state index in [9.17, 15) is 4.79 Å². The van der Waals surface area contributed by atoms with Crippen LogP contribution in [0.3, 0.4) is 0 Å². The van der Waals surface area contributed by atoms with Gasteiger partial charge >= 0.3 is 0 Å². The van der Waals surface area contributed by atoms with Gasteiger partial charge in [-0.25, -0.2) is 0 Å². The number of hydrogen-bond acceptors (Lipinski definition) is 4. The highest BCUT2D eigenvalue weighted by Gasteiger charge is 2.21. The molecule has 1 amide bonds. The first-order valence-corrected chi connectivity index (χ1v) is 10.7. The zero-order valence-electron chi connectivity index (χ0n) is 18.3. The molecule has 0 saturated carbocycles. The van der Waals surface area contributed by atoms with E-state index in [1.165, 1.54) is 5.56 Å². The van der Waals surface area contributed by atoms with Crippen molar-refractivity contribution in [2.75, 3.05) is 46.9 Å². The Kier molecular flexibility index (Phi) is 9.77. The minimum atomic E-state index is 0.0808. The van der Waals surface area contributed by atoms with Gasteiger partial charge in [0.25, 0.3) is 0 Å². The van der Waals surface area contributed by atoms with E-state index < -0.39 is 0 Å². The molecule has 1 fully saturated rings. The molecule has 1 heterocycles. The minimum Gasteiger partial charge on any atom is -0.497 e. The smallest absolute Gasteiger partial charge is 0.233 e. The Morgan fingerprint density at radius 2 is 1.97 bits per heavy atom. The van der Waals surface area contributed by atoms with Crippen LogP contribution in [-0.4, -0.2) is 69.7 Å². The second-order valence-electron chi connectivity index (χ2n) is 7.59. The summed E-state index contributed by atoms with van der Waals surface area (Å²) in [7, 11) is 3.37. The number of methoxy groups -OCH3 is 1. The van der Waals surface area contributed by atoms with Crippen LogP contribution < -0.4 is 20.7 Å². The van der Waals surface area contributed by atoms with Crippen LogP contribution in [0.1, 0.15) is 44.6 Å². The van der Waals surface area contributed by atoms with Crippen molar-refractivity contribution in [2.24, 2.45) is 4.99 Å². The molecule has 1 aliphatic heterocycles. The Balaban J connectivity index is 1.79. The maximum Gasteiger partial charge on any atom is 0.233 e. The molecule has 0 aromatic heterocycles. The Labute approximate surface area is 175 Å². The second-order valence-corrected chi connectivity index (χ2v) is 7.59. The number of benzene rings is 1. The molecule has 7 nitrogen and oxygen atoms in total. The van der Waals surface area contributed by atoms with E-state index in [1.54, 1.807) is 14.2 Å². The van der Waals surface area contributed by atoms with Crippen LogP contribution in [0.15, 0.2) is 29.3 Å². The summed E-state index contributed by atoms with van der Waals surface area (Å²) in [4.78, 5) is 18.5. The quantitative estimate of drug-likeness (QED) is 0.434. The van der Waals surface area contributed by atoms with Crippen LogP contribution in [0.5, 0.6) is 5.75 Å². The van der Waals surface area contributed by atoms with Crippen molar-refractivity contribution in [1.82, 2.24) is 20.9 Å². The van der Waals surface area contributed by atoms with Crippen molar-refractivity contribution >= 4 is 11.9 Å². The van der Waals surface area contributed by atoms with E-state index in [1.807, 2.05) is 12.1 Å². The summed E-state index contributed by atoms with van der Waals surface area (Å²) < 4.78 is 5.23. The number of nitrogens with zero attached hydrogens (tertiary/aromatic N) is 2. The number of carbonyl (C=O) groups excluding carboxylic acids is 1. The molecule has 162 valence electrons. The Morgan fingerprint density at radius 3 is 2.55 bits per heavy atom. The van der Waals surface area contributed by atoms with Crippen molar-refractivity contribution in [1.29, 1.82) is 0 Å². The summed E-state index contributed by atoms with van der Waals surface area (Å²) in [6, 6.07) is 8.67. The van der Waals surface area contributed by atoms with Gasteiger partial charge in [0.05, 0.1) is 13.7 Å². The molecule has 0 radical (unpaired) electrons. The summed E-state index contributed by atoms with van der Waals surface area (Å²) >= 11 is 0. The summed E-state index contributed by atoms with van der Waals surface area (Å²) in [5, 5.41) is 9.61. The fourth-order valence-electron chi connectivity index (χ4n) is 3.50. The third-order valence-corrected chi connectivity index (χ3v) is 5.44. The fourth-order valence-corrected chi connectivity index (χ4v) is 3.50. The number of rotatable bonds is 9. The van der Waals surface area contributed by atoms with E-state index in [0.717, 1.165) is 57.2 Å². The molecule has 29 heavy (non-hydrogen) atoms. The highest BCUT2D eigenvalue weighted by molar-refractivity contribution is 5.80. The van der Waals surface area contributed by atoms with Crippen LogP contribution in [0.25, 0.3) is 0 Å². The summed E-state index contributed by atoms with van der Waals surface area (Å²) in [5.41, 5.74) is 1.31. The lowest BCUT2D eigenvalue weighted by Gasteiger charge is -2.32. The van der Waals surface area contributed by atoms with Gasteiger partial charge in [0.1, 0.15) is 5.75 Å². The Bertz CT molecular complexity index is 639. The van der Waals surface area contributed by atoms with Gasteiger partial charge in [0, 0.05) is 39.3 Å². The topological polar surface area (TPSA) is 78.0 Å². The molecule has 7 heteroatoms. The number of likely N-dealkylation sites (N-methyl/N-ethyl adjacent to an activating group) is 1. The van der Waals surface area contributed by atoms with Gasteiger partial charge in [-0.05, 0) is 49.8 Å². The SMILES string of the molecule is CCNC(=NCCC(C)c1ccc(OC)cc1)NC1CCN(CC(=O)NC)CC1. The average molecular weight is 404 g/mol. The normalized spacial score (nSPS) is 16.9. The number of piperidine rings is 1. The van der Waals surface area contributed by atoms with E-state index in [-0.39, 0.29) is 5.91 Å². The van der Waals surface area contributed by atoms with E-state index in [2.05, 4.69) is 46.8 Å². The standard InChI is InChI=1S/C22H37N5O2/c1-5-24-22(26-19-11-14-27(15-12-19)16-21(28)23-3)25-13-10-17(2)18-6-8-20(29-4)9-7-18/h6-9,17,19H,5,10-16H2,1-4H3,(H,23,28)(H2,24,25,26). The Morgan fingerprint density at radius 1 is 1.28 bits per heavy atom. The average Bonchev–Trinajstić information content (AvgIpc) is 2.75. The monoisotopic (exact) mass is 403 g/mol. The van der Waals surface area contributed by atoms with Crippen LogP contribution in [0, 0.1) is 0 Å². The number of aliphatic imine (C=N–C) groups is 1. The number of nitrogens with one attached hydrogen (secondary N) is 3. The van der Waals surface area contributed by atoms with Crippen molar-refractivity contribution in [3.05, 3.63) is 29.8 Å². The number of hydrogen-bond donors (Lipinski definition) is 3. The molecule has 1 aliphatic rings. The fraction of sp³-hybridized carbons (Fsp3) is 0.636. The van der Waals surface area contributed by atoms with Crippen molar-refractivity contribution in [2.45, 2.75) is 45.1 Å². The van der Waals surface area contributed by atoms with E-state index in [0.29, 0.717) is 18.5 Å². The minimum absolute atomic E-state index is 0.0808. The molecule has 1 unspecified atom stereocenters. The van der Waals surface area contributed by atoms with Gasteiger partial charge < -0.3 is 20.7 Å². The predicted molar refractivity (Wildman–Crippen MR) is 119 cm³/mol. The molecule has 0 aliphatic carbocycles. The largest absolute Gasteiger partial charge is 0.497 e. The number of likely N-dealkylation sites (tertiary alicyclic amines) is 1. The first-order chi connectivity index (χ1) is 14.0. The van der Waals surface area contributed by atoms with Crippen molar-refractivity contribution in [3.8, 4) is 5.75 Å². The third kappa shape index (κ3) is 7.93. The van der Waals surface area contributed by atoms with Crippen LogP contribution >= 0.6 is 0 Å². The Hall–Kier alpha value is -2.28. The van der Waals surface area contributed by atoms with Gasteiger partial charge in [-0.15, -0.1) is 0 Å². The van der Waals surface area contributed by atoms with Gasteiger partial charge in [-0.3, -0.25) is 14.7 Å². The van der Waals surface area contributed by atoms with Gasteiger partial charge in [0.15, 0.2) is 5.96 Å². The lowest BCUT2D eigenvalue weighted by atomic mass is 9.98.